The largest absolute Gasteiger partial charge is 0.337 e. The maximum atomic E-state index is 13.4. The molecule has 28 heavy (non-hydrogen) atoms. The number of carbonyl (C=O) groups excluding carboxylic acids is 1. The molecule has 0 aromatic carbocycles. The van der Waals surface area contributed by atoms with E-state index in [1.165, 1.54) is 31.4 Å². The molecule has 4 aliphatic carbocycles. The Labute approximate surface area is 163 Å². The molecule has 0 radical (unpaired) electrons. The van der Waals surface area contributed by atoms with Gasteiger partial charge in [-0.15, -0.1) is 13.2 Å². The first-order valence-corrected chi connectivity index (χ1v) is 10.1. The summed E-state index contributed by atoms with van der Waals surface area (Å²) in [5.41, 5.74) is -2.58. The van der Waals surface area contributed by atoms with Gasteiger partial charge in [0.25, 0.3) is 0 Å². The van der Waals surface area contributed by atoms with Gasteiger partial charge >= 0.3 is 17.1 Å². The van der Waals surface area contributed by atoms with Crippen molar-refractivity contribution in [1.29, 1.82) is 0 Å². The van der Waals surface area contributed by atoms with Gasteiger partial charge in [-0.05, 0) is 56.3 Å². The zero-order chi connectivity index (χ0) is 20.1. The second-order valence-electron chi connectivity index (χ2n) is 8.85. The summed E-state index contributed by atoms with van der Waals surface area (Å²) in [7, 11) is 0. The Hall–Kier alpha value is -2.44. The van der Waals surface area contributed by atoms with Crippen molar-refractivity contribution >= 4 is 5.78 Å². The Balaban J connectivity index is 1.73. The van der Waals surface area contributed by atoms with E-state index in [4.69, 9.17) is 0 Å². The van der Waals surface area contributed by atoms with Gasteiger partial charge in [-0.2, -0.15) is 0 Å². The van der Waals surface area contributed by atoms with Gasteiger partial charge in [0, 0.05) is 5.41 Å². The molecule has 5 rings (SSSR count). The normalized spacial score (nSPS) is 30.4. The molecular weight excluding hydrogens is 358 g/mol. The summed E-state index contributed by atoms with van der Waals surface area (Å²) in [5.74, 6) is 1.76. The van der Waals surface area contributed by atoms with E-state index in [2.05, 4.69) is 13.2 Å². The van der Waals surface area contributed by atoms with E-state index in [1.54, 1.807) is 0 Å². The number of rotatable bonds is 7. The highest BCUT2D eigenvalue weighted by Gasteiger charge is 2.54. The molecule has 1 aromatic heterocycles. The smallest absolute Gasteiger partial charge is 0.297 e. The number of hydrogen-bond donors (Lipinski definition) is 0. The third-order valence-electron chi connectivity index (χ3n) is 6.94. The van der Waals surface area contributed by atoms with E-state index in [9.17, 15) is 19.2 Å². The van der Waals surface area contributed by atoms with Gasteiger partial charge in [0.2, 0.25) is 0 Å². The quantitative estimate of drug-likeness (QED) is 0.663. The Morgan fingerprint density at radius 2 is 1.21 bits per heavy atom. The average molecular weight is 385 g/mol. The number of Topliss-reactive ketones (excluding diaryl/α,β-unsaturated/α-hetero) is 1. The number of hydrogen-bond acceptors (Lipinski definition) is 4. The van der Waals surface area contributed by atoms with Gasteiger partial charge < -0.3 is 0 Å². The van der Waals surface area contributed by atoms with Gasteiger partial charge in [0.05, 0.1) is 19.6 Å². The van der Waals surface area contributed by atoms with Crippen molar-refractivity contribution in [2.45, 2.75) is 58.2 Å². The lowest BCUT2D eigenvalue weighted by Crippen LogP contribution is -2.57. The molecular formula is C21H27N3O4. The second kappa shape index (κ2) is 6.87. The third kappa shape index (κ3) is 2.88. The Bertz CT molecular complexity index is 926. The van der Waals surface area contributed by atoms with Crippen LogP contribution in [0.3, 0.4) is 0 Å². The van der Waals surface area contributed by atoms with Crippen LogP contribution in [0.4, 0.5) is 0 Å². The van der Waals surface area contributed by atoms with Crippen LogP contribution in [0, 0.1) is 23.2 Å². The van der Waals surface area contributed by atoms with Crippen LogP contribution in [0.2, 0.25) is 0 Å². The molecule has 4 aliphatic rings. The van der Waals surface area contributed by atoms with E-state index < -0.39 is 22.5 Å². The van der Waals surface area contributed by atoms with Crippen molar-refractivity contribution in [2.75, 3.05) is 0 Å². The van der Waals surface area contributed by atoms with Crippen LogP contribution in [-0.4, -0.2) is 19.5 Å². The molecule has 4 bridgehead atoms. The van der Waals surface area contributed by atoms with Crippen LogP contribution in [0.15, 0.2) is 39.7 Å². The van der Waals surface area contributed by atoms with Crippen LogP contribution < -0.4 is 17.1 Å². The molecule has 0 unspecified atom stereocenters. The molecule has 0 aliphatic heterocycles. The third-order valence-corrected chi connectivity index (χ3v) is 6.94. The molecule has 0 atom stereocenters. The molecule has 7 heteroatoms. The molecule has 7 nitrogen and oxygen atoms in total. The Morgan fingerprint density at radius 1 is 0.821 bits per heavy atom. The Kier molecular flexibility index (Phi) is 4.63. The van der Waals surface area contributed by atoms with Crippen molar-refractivity contribution < 1.29 is 4.79 Å². The minimum absolute atomic E-state index is 0.0132. The fourth-order valence-electron chi connectivity index (χ4n) is 6.15. The molecule has 0 amide bonds. The topological polar surface area (TPSA) is 83.1 Å². The number of ketones is 1. The molecule has 1 aromatic rings. The standard InChI is InChI=1S/C21H27N3O4/c1-3-5-22-18(26)23(6-4-2)20(28)24(19(22)27)13-17(25)21-10-14-7-15(11-21)9-16(8-14)12-21/h3-4,14-16H,1-2,5-13H2. The first kappa shape index (κ1) is 18.9. The highest BCUT2D eigenvalue weighted by Crippen LogP contribution is 2.60. The van der Waals surface area contributed by atoms with E-state index in [1.807, 2.05) is 0 Å². The number of carbonyl (C=O) groups is 1. The van der Waals surface area contributed by atoms with Crippen LogP contribution in [0.25, 0.3) is 0 Å². The van der Waals surface area contributed by atoms with E-state index in [-0.39, 0.29) is 25.4 Å². The van der Waals surface area contributed by atoms with E-state index in [0.29, 0.717) is 17.8 Å². The SMILES string of the molecule is C=CCn1c(=O)n(CC=C)c(=O)n(CC(=O)C23CC4CC(CC(C4)C2)C3)c1=O. The molecule has 0 N–H and O–H groups in total. The molecule has 1 heterocycles. The summed E-state index contributed by atoms with van der Waals surface area (Å²) in [4.78, 5) is 51.5. The van der Waals surface area contributed by atoms with Crippen molar-refractivity contribution in [3.8, 4) is 0 Å². The highest BCUT2D eigenvalue weighted by molar-refractivity contribution is 5.85. The van der Waals surface area contributed by atoms with Crippen molar-refractivity contribution in [3.05, 3.63) is 56.8 Å². The summed E-state index contributed by atoms with van der Waals surface area (Å²) < 4.78 is 2.82. The van der Waals surface area contributed by atoms with Crippen molar-refractivity contribution in [3.63, 3.8) is 0 Å². The van der Waals surface area contributed by atoms with Crippen LogP contribution >= 0.6 is 0 Å². The monoisotopic (exact) mass is 385 g/mol. The number of aromatic nitrogens is 3. The predicted octanol–water partition coefficient (Wildman–Crippen LogP) is 1.33. The molecule has 4 fully saturated rings. The number of nitrogens with zero attached hydrogens (tertiary/aromatic N) is 3. The maximum Gasteiger partial charge on any atom is 0.337 e. The van der Waals surface area contributed by atoms with Gasteiger partial charge in [0.15, 0.2) is 5.78 Å². The van der Waals surface area contributed by atoms with Gasteiger partial charge in [-0.3, -0.25) is 4.79 Å². The molecule has 4 saturated carbocycles. The summed E-state index contributed by atoms with van der Waals surface area (Å²) in [6.45, 7) is 6.85. The zero-order valence-electron chi connectivity index (χ0n) is 16.1. The average Bonchev–Trinajstić information content (AvgIpc) is 2.64. The Morgan fingerprint density at radius 3 is 1.61 bits per heavy atom. The van der Waals surface area contributed by atoms with Crippen LogP contribution in [-0.2, 0) is 24.4 Å². The first-order chi connectivity index (χ1) is 13.4. The lowest BCUT2D eigenvalue weighted by atomic mass is 9.48. The molecule has 0 saturated heterocycles. The van der Waals surface area contributed by atoms with Gasteiger partial charge in [0.1, 0.15) is 0 Å². The summed E-state index contributed by atoms with van der Waals surface area (Å²) in [6.07, 6.45) is 9.11. The van der Waals surface area contributed by atoms with E-state index in [0.717, 1.165) is 33.0 Å². The predicted molar refractivity (Wildman–Crippen MR) is 105 cm³/mol. The van der Waals surface area contributed by atoms with Gasteiger partial charge in [-0.25, -0.2) is 28.1 Å². The summed E-state index contributed by atoms with van der Waals surface area (Å²) in [5, 5.41) is 0. The van der Waals surface area contributed by atoms with Crippen LogP contribution in [0.5, 0.6) is 0 Å². The zero-order valence-corrected chi connectivity index (χ0v) is 16.1. The second-order valence-corrected chi connectivity index (χ2v) is 8.85. The summed E-state index contributed by atoms with van der Waals surface area (Å²) in [6, 6.07) is 0. The lowest BCUT2D eigenvalue weighted by Gasteiger charge is -2.55. The van der Waals surface area contributed by atoms with E-state index >= 15 is 0 Å². The molecule has 0 spiro atoms. The minimum atomic E-state index is -0.742. The maximum absolute atomic E-state index is 13.4. The summed E-state index contributed by atoms with van der Waals surface area (Å²) >= 11 is 0. The van der Waals surface area contributed by atoms with Crippen molar-refractivity contribution in [1.82, 2.24) is 13.7 Å². The first-order valence-electron chi connectivity index (χ1n) is 10.1. The van der Waals surface area contributed by atoms with Crippen molar-refractivity contribution in [2.24, 2.45) is 23.2 Å². The fourth-order valence-corrected chi connectivity index (χ4v) is 6.15. The lowest BCUT2D eigenvalue weighted by molar-refractivity contribution is -0.144. The number of allylic oxidation sites excluding steroid dienone is 2. The molecule has 150 valence electrons. The van der Waals surface area contributed by atoms with Crippen LogP contribution in [0.1, 0.15) is 38.5 Å². The minimum Gasteiger partial charge on any atom is -0.297 e. The fraction of sp³-hybridized carbons (Fsp3) is 0.619. The highest BCUT2D eigenvalue weighted by atomic mass is 16.2. The van der Waals surface area contributed by atoms with Gasteiger partial charge in [-0.1, -0.05) is 12.2 Å².